The molecule has 0 aliphatic carbocycles. The molecule has 218 valence electrons. The fourth-order valence-electron chi connectivity index (χ4n) is 5.56. The van der Waals surface area contributed by atoms with E-state index in [-0.39, 0.29) is 75.0 Å². The van der Waals surface area contributed by atoms with E-state index in [1.165, 1.54) is 24.3 Å². The second-order valence-corrected chi connectivity index (χ2v) is 10.3. The Hall–Kier alpha value is -5.20. The third-order valence-corrected chi connectivity index (χ3v) is 7.58. The minimum atomic E-state index is -1.30. The molecule has 0 saturated carbocycles. The number of phenols is 8. The van der Waals surface area contributed by atoms with E-state index < -0.39 is 53.2 Å². The zero-order valence-corrected chi connectivity index (χ0v) is 21.6. The molecule has 2 aliphatic rings. The maximum Gasteiger partial charge on any atom is 0.158 e. The van der Waals surface area contributed by atoms with Crippen molar-refractivity contribution >= 4 is 0 Å². The van der Waals surface area contributed by atoms with Gasteiger partial charge in [0.15, 0.2) is 29.1 Å². The van der Waals surface area contributed by atoms with Crippen LogP contribution in [0.3, 0.4) is 0 Å². The van der Waals surface area contributed by atoms with Crippen LogP contribution in [-0.4, -0.2) is 63.3 Å². The third kappa shape index (κ3) is 4.33. The number of phenolic OH excluding ortho intramolecular Hbond substituents is 8. The summed E-state index contributed by atoms with van der Waals surface area (Å²) in [5.74, 6) is -3.54. The van der Waals surface area contributed by atoms with Crippen molar-refractivity contribution in [1.29, 1.82) is 0 Å². The van der Waals surface area contributed by atoms with E-state index in [0.717, 1.165) is 24.3 Å². The number of hydrogen-bond donors (Lipinski definition) is 10. The molecule has 42 heavy (non-hydrogen) atoms. The predicted octanol–water partition coefficient (Wildman–Crippen LogP) is 3.07. The van der Waals surface area contributed by atoms with E-state index in [0.29, 0.717) is 0 Å². The molecule has 12 nitrogen and oxygen atoms in total. The number of aliphatic hydroxyl groups excluding tert-OH is 2. The highest BCUT2D eigenvalue weighted by atomic mass is 16.5. The second kappa shape index (κ2) is 9.72. The fourth-order valence-corrected chi connectivity index (χ4v) is 5.56. The number of aliphatic hydroxyl groups is 2. The number of hydrogen-bond acceptors (Lipinski definition) is 12. The third-order valence-electron chi connectivity index (χ3n) is 7.58. The molecule has 4 atom stereocenters. The van der Waals surface area contributed by atoms with Gasteiger partial charge in [-0.1, -0.05) is 6.07 Å². The first kappa shape index (κ1) is 27.0. The van der Waals surface area contributed by atoms with Crippen LogP contribution in [-0.2, 0) is 12.8 Å². The van der Waals surface area contributed by atoms with E-state index in [9.17, 15) is 51.1 Å². The number of ether oxygens (including phenoxy) is 2. The Bertz CT molecular complexity index is 1730. The smallest absolute Gasteiger partial charge is 0.158 e. The van der Waals surface area contributed by atoms with E-state index in [2.05, 4.69) is 0 Å². The zero-order chi connectivity index (χ0) is 30.0. The maximum atomic E-state index is 11.1. The van der Waals surface area contributed by atoms with Gasteiger partial charge < -0.3 is 60.5 Å². The maximum absolute atomic E-state index is 11.1. The van der Waals surface area contributed by atoms with Crippen molar-refractivity contribution in [3.8, 4) is 68.6 Å². The summed E-state index contributed by atoms with van der Waals surface area (Å²) in [5, 5.41) is 105. The number of fused-ring (bicyclic) bond motifs is 2. The molecule has 0 fully saturated rings. The highest BCUT2D eigenvalue weighted by Gasteiger charge is 2.39. The molecule has 0 bridgehead atoms. The zero-order valence-electron chi connectivity index (χ0n) is 21.6. The van der Waals surface area contributed by atoms with Crippen molar-refractivity contribution in [2.75, 3.05) is 0 Å². The Morgan fingerprint density at radius 2 is 1.19 bits per heavy atom. The Morgan fingerprint density at radius 3 is 1.93 bits per heavy atom. The quantitative estimate of drug-likeness (QED) is 0.159. The molecule has 0 spiro atoms. The van der Waals surface area contributed by atoms with Crippen LogP contribution in [0.15, 0.2) is 48.5 Å². The lowest BCUT2D eigenvalue weighted by Crippen LogP contribution is -2.31. The highest BCUT2D eigenvalue weighted by molar-refractivity contribution is 5.84. The van der Waals surface area contributed by atoms with Gasteiger partial charge in [0.25, 0.3) is 0 Å². The average molecular weight is 579 g/mol. The SMILES string of the molecule is Oc1cc(O)c2c(c1)O[C@H](c1cc(O)c(O)cc1-c1c(O)cc(O)c3c1O[C@H](c1ccc(O)c(O)c1)[C@H](O)C3)[C@H](O)C2. The van der Waals surface area contributed by atoms with E-state index in [1.54, 1.807) is 0 Å². The lowest BCUT2D eigenvalue weighted by atomic mass is 9.85. The van der Waals surface area contributed by atoms with Crippen molar-refractivity contribution in [3.63, 3.8) is 0 Å². The van der Waals surface area contributed by atoms with E-state index >= 15 is 0 Å². The first-order chi connectivity index (χ1) is 19.9. The van der Waals surface area contributed by atoms with Crippen molar-refractivity contribution in [2.45, 2.75) is 37.3 Å². The summed E-state index contributed by atoms with van der Waals surface area (Å²) in [6, 6.07) is 9.43. The molecule has 0 aromatic heterocycles. The Kier molecular flexibility index (Phi) is 6.24. The minimum absolute atomic E-state index is 0.0274. The first-order valence-electron chi connectivity index (χ1n) is 12.8. The molecule has 2 aliphatic heterocycles. The van der Waals surface area contributed by atoms with Crippen LogP contribution in [0.1, 0.15) is 34.5 Å². The van der Waals surface area contributed by atoms with Crippen LogP contribution in [0.4, 0.5) is 0 Å². The number of rotatable bonds is 3. The molecular weight excluding hydrogens is 552 g/mol. The van der Waals surface area contributed by atoms with Crippen LogP contribution in [0.2, 0.25) is 0 Å². The van der Waals surface area contributed by atoms with Crippen molar-refractivity contribution in [1.82, 2.24) is 0 Å². The predicted molar refractivity (Wildman–Crippen MR) is 144 cm³/mol. The van der Waals surface area contributed by atoms with Crippen molar-refractivity contribution in [2.24, 2.45) is 0 Å². The van der Waals surface area contributed by atoms with Gasteiger partial charge in [0.1, 0.15) is 40.6 Å². The van der Waals surface area contributed by atoms with Gasteiger partial charge in [0, 0.05) is 53.3 Å². The molecule has 12 heteroatoms. The van der Waals surface area contributed by atoms with Crippen LogP contribution in [0, 0.1) is 0 Å². The summed E-state index contributed by atoms with van der Waals surface area (Å²) in [5.41, 5.74) is 0.644. The van der Waals surface area contributed by atoms with Gasteiger partial charge in [-0.15, -0.1) is 0 Å². The van der Waals surface area contributed by atoms with Gasteiger partial charge >= 0.3 is 0 Å². The van der Waals surface area contributed by atoms with Gasteiger partial charge in [-0.3, -0.25) is 0 Å². The number of aromatic hydroxyl groups is 8. The molecule has 0 radical (unpaired) electrons. The largest absolute Gasteiger partial charge is 0.508 e. The molecule has 6 rings (SSSR count). The molecule has 10 N–H and O–H groups in total. The van der Waals surface area contributed by atoms with Gasteiger partial charge in [-0.25, -0.2) is 0 Å². The van der Waals surface area contributed by atoms with Gasteiger partial charge in [0.2, 0.25) is 0 Å². The minimum Gasteiger partial charge on any atom is -0.508 e. The van der Waals surface area contributed by atoms with Crippen LogP contribution < -0.4 is 9.47 Å². The van der Waals surface area contributed by atoms with Crippen molar-refractivity contribution < 1.29 is 60.5 Å². The molecule has 4 aromatic carbocycles. The molecule has 2 heterocycles. The van der Waals surface area contributed by atoms with Crippen LogP contribution >= 0.6 is 0 Å². The Labute approximate surface area is 237 Å². The Balaban J connectivity index is 1.52. The second-order valence-electron chi connectivity index (χ2n) is 10.3. The summed E-state index contributed by atoms with van der Waals surface area (Å²) < 4.78 is 12.1. The van der Waals surface area contributed by atoms with Gasteiger partial charge in [-0.05, 0) is 29.8 Å². The number of benzene rings is 4. The molecule has 0 unspecified atom stereocenters. The average Bonchev–Trinajstić information content (AvgIpc) is 2.92. The van der Waals surface area contributed by atoms with Gasteiger partial charge in [0.05, 0.1) is 17.8 Å². The summed E-state index contributed by atoms with van der Waals surface area (Å²) in [6.07, 6.45) is -5.18. The molecular formula is C30H26O12. The van der Waals surface area contributed by atoms with Crippen LogP contribution in [0.5, 0.6) is 57.5 Å². The Morgan fingerprint density at radius 1 is 0.548 bits per heavy atom. The van der Waals surface area contributed by atoms with Crippen LogP contribution in [0.25, 0.3) is 11.1 Å². The lowest BCUT2D eigenvalue weighted by molar-refractivity contribution is 0.0189. The van der Waals surface area contributed by atoms with E-state index in [1.807, 2.05) is 0 Å². The monoisotopic (exact) mass is 578 g/mol. The molecule has 0 amide bonds. The highest BCUT2D eigenvalue weighted by Crippen LogP contribution is 2.54. The lowest BCUT2D eigenvalue weighted by Gasteiger charge is -2.35. The molecule has 4 aromatic rings. The summed E-state index contributed by atoms with van der Waals surface area (Å²) in [4.78, 5) is 0. The molecule has 0 saturated heterocycles. The summed E-state index contributed by atoms with van der Waals surface area (Å²) in [6.45, 7) is 0. The topological polar surface area (TPSA) is 221 Å². The normalized spacial score (nSPS) is 21.1. The van der Waals surface area contributed by atoms with Crippen molar-refractivity contribution in [3.05, 3.63) is 70.8 Å². The van der Waals surface area contributed by atoms with E-state index in [4.69, 9.17) is 9.47 Å². The summed E-state index contributed by atoms with van der Waals surface area (Å²) in [7, 11) is 0. The standard InChI is InChI=1S/C30H26O12/c31-12-4-18(33)15-8-25(40)29(41-26(15)5-12)14-7-22(37)21(36)6-13(14)27-23(38)10-19(34)16-9-24(39)28(42-30(16)27)11-1-2-17(32)20(35)3-11/h1-7,10,24-25,28-29,31-40H,8-9H2/t24-,25-,28-,29-/m1/s1. The summed E-state index contributed by atoms with van der Waals surface area (Å²) >= 11 is 0. The first-order valence-corrected chi connectivity index (χ1v) is 12.8. The van der Waals surface area contributed by atoms with Gasteiger partial charge in [-0.2, -0.15) is 0 Å². The fraction of sp³-hybridized carbons (Fsp3) is 0.200.